The minimum absolute atomic E-state index is 0.0754. The Hall–Kier alpha value is -1.41. The molecule has 17 heavy (non-hydrogen) atoms. The van der Waals surface area contributed by atoms with Gasteiger partial charge >= 0.3 is 5.97 Å². The maximum atomic E-state index is 11.8. The zero-order chi connectivity index (χ0) is 13.1. The number of nitrogens with one attached hydrogen (secondary N) is 2. The molecule has 0 amide bonds. The van der Waals surface area contributed by atoms with E-state index >= 15 is 0 Å². The predicted octanol–water partition coefficient (Wildman–Crippen LogP) is 0.187. The van der Waals surface area contributed by atoms with Crippen LogP contribution in [0, 0.1) is 5.92 Å². The number of aromatic amines is 1. The van der Waals surface area contributed by atoms with Gasteiger partial charge in [0.1, 0.15) is 0 Å². The van der Waals surface area contributed by atoms with E-state index in [1.54, 1.807) is 13.8 Å². The molecular weight excluding hydrogens is 246 g/mol. The van der Waals surface area contributed by atoms with Gasteiger partial charge in [-0.2, -0.15) is 5.10 Å². The number of hydrogen-bond donors (Lipinski definition) is 3. The maximum absolute atomic E-state index is 11.8. The summed E-state index contributed by atoms with van der Waals surface area (Å²) in [6.45, 7) is 3.51. The molecule has 0 spiro atoms. The largest absolute Gasteiger partial charge is 0.481 e. The Morgan fingerprint density at radius 3 is 2.65 bits per heavy atom. The Morgan fingerprint density at radius 1 is 1.59 bits per heavy atom. The molecule has 96 valence electrons. The average Bonchev–Trinajstić information content (AvgIpc) is 2.68. The summed E-state index contributed by atoms with van der Waals surface area (Å²) in [6, 6.07) is 0.654. The number of H-pyrrole nitrogens is 1. The molecular formula is C9H15N3O4S. The van der Waals surface area contributed by atoms with Gasteiger partial charge in [-0.3, -0.25) is 9.89 Å². The highest BCUT2D eigenvalue weighted by Crippen LogP contribution is 2.11. The fourth-order valence-corrected chi connectivity index (χ4v) is 2.55. The van der Waals surface area contributed by atoms with Crippen LogP contribution in [0.5, 0.6) is 0 Å². The summed E-state index contributed by atoms with van der Waals surface area (Å²) in [5.41, 5.74) is 0. The van der Waals surface area contributed by atoms with Gasteiger partial charge in [0.15, 0.2) is 5.03 Å². The first-order valence-corrected chi connectivity index (χ1v) is 6.54. The highest BCUT2D eigenvalue weighted by Gasteiger charge is 2.25. The molecule has 7 nitrogen and oxygen atoms in total. The quantitative estimate of drug-likeness (QED) is 0.676. The van der Waals surface area contributed by atoms with Crippen molar-refractivity contribution in [3.8, 4) is 0 Å². The van der Waals surface area contributed by atoms with Crippen LogP contribution in [0.15, 0.2) is 17.3 Å². The van der Waals surface area contributed by atoms with E-state index in [1.807, 2.05) is 0 Å². The van der Waals surface area contributed by atoms with E-state index in [-0.39, 0.29) is 17.4 Å². The molecule has 0 aliphatic heterocycles. The SMILES string of the molecule is CC(C)C(CC(=O)O)NS(=O)(=O)c1ccn[nH]1. The number of rotatable bonds is 6. The molecule has 1 unspecified atom stereocenters. The molecule has 0 saturated heterocycles. The zero-order valence-corrected chi connectivity index (χ0v) is 10.4. The van der Waals surface area contributed by atoms with Gasteiger partial charge in [0.2, 0.25) is 0 Å². The van der Waals surface area contributed by atoms with Crippen LogP contribution in [-0.4, -0.2) is 35.7 Å². The van der Waals surface area contributed by atoms with E-state index in [9.17, 15) is 13.2 Å². The fraction of sp³-hybridized carbons (Fsp3) is 0.556. The topological polar surface area (TPSA) is 112 Å². The van der Waals surface area contributed by atoms with E-state index < -0.39 is 22.0 Å². The van der Waals surface area contributed by atoms with Gasteiger partial charge in [-0.15, -0.1) is 0 Å². The number of nitrogens with zero attached hydrogens (tertiary/aromatic N) is 1. The van der Waals surface area contributed by atoms with Crippen LogP contribution in [0.4, 0.5) is 0 Å². The first-order chi connectivity index (χ1) is 7.83. The smallest absolute Gasteiger partial charge is 0.304 e. The lowest BCUT2D eigenvalue weighted by molar-refractivity contribution is -0.137. The van der Waals surface area contributed by atoms with E-state index in [0.717, 1.165) is 0 Å². The molecule has 1 rings (SSSR count). The third kappa shape index (κ3) is 3.82. The molecule has 1 heterocycles. The van der Waals surface area contributed by atoms with Crippen molar-refractivity contribution in [2.75, 3.05) is 0 Å². The fourth-order valence-electron chi connectivity index (χ4n) is 1.26. The number of sulfonamides is 1. The molecule has 1 atom stereocenters. The van der Waals surface area contributed by atoms with Crippen molar-refractivity contribution in [1.29, 1.82) is 0 Å². The predicted molar refractivity (Wildman–Crippen MR) is 59.8 cm³/mol. The van der Waals surface area contributed by atoms with Crippen molar-refractivity contribution in [2.24, 2.45) is 5.92 Å². The molecule has 0 aromatic carbocycles. The van der Waals surface area contributed by atoms with Crippen molar-refractivity contribution in [1.82, 2.24) is 14.9 Å². The number of carboxylic acids is 1. The zero-order valence-electron chi connectivity index (χ0n) is 9.54. The minimum Gasteiger partial charge on any atom is -0.481 e. The monoisotopic (exact) mass is 261 g/mol. The number of carbonyl (C=O) groups is 1. The first-order valence-electron chi connectivity index (χ1n) is 5.06. The Labute approximate surface area is 99.3 Å². The molecule has 0 aliphatic rings. The molecule has 0 fully saturated rings. The van der Waals surface area contributed by atoms with Crippen LogP contribution in [0.1, 0.15) is 20.3 Å². The summed E-state index contributed by atoms with van der Waals surface area (Å²) < 4.78 is 26.0. The molecule has 0 bridgehead atoms. The van der Waals surface area contributed by atoms with Gasteiger partial charge < -0.3 is 5.11 Å². The molecule has 0 saturated carbocycles. The van der Waals surface area contributed by atoms with Gasteiger partial charge in [0.05, 0.1) is 12.6 Å². The number of carboxylic acid groups (broad SMARTS) is 1. The third-order valence-corrected chi connectivity index (χ3v) is 3.69. The Kier molecular flexibility index (Phi) is 4.24. The van der Waals surface area contributed by atoms with Crippen molar-refractivity contribution in [2.45, 2.75) is 31.3 Å². The van der Waals surface area contributed by atoms with Crippen LogP contribution in [0.3, 0.4) is 0 Å². The van der Waals surface area contributed by atoms with Crippen molar-refractivity contribution in [3.05, 3.63) is 12.3 Å². The normalized spacial score (nSPS) is 13.8. The molecule has 0 aliphatic carbocycles. The second kappa shape index (κ2) is 5.28. The summed E-state index contributed by atoms with van der Waals surface area (Å²) in [4.78, 5) is 10.6. The summed E-state index contributed by atoms with van der Waals surface area (Å²) in [5, 5.41) is 14.5. The van der Waals surface area contributed by atoms with E-state index in [1.165, 1.54) is 12.3 Å². The molecule has 3 N–H and O–H groups in total. The highest BCUT2D eigenvalue weighted by atomic mass is 32.2. The second-order valence-corrected chi connectivity index (χ2v) is 5.67. The van der Waals surface area contributed by atoms with Gasteiger partial charge in [0.25, 0.3) is 10.0 Å². The molecule has 1 aromatic heterocycles. The van der Waals surface area contributed by atoms with Crippen LogP contribution in [0.25, 0.3) is 0 Å². The van der Waals surface area contributed by atoms with Crippen molar-refractivity contribution >= 4 is 16.0 Å². The summed E-state index contributed by atoms with van der Waals surface area (Å²) in [6.07, 6.45) is 1.06. The maximum Gasteiger partial charge on any atom is 0.304 e. The van der Waals surface area contributed by atoms with Gasteiger partial charge in [-0.1, -0.05) is 13.8 Å². The van der Waals surface area contributed by atoms with Gasteiger partial charge in [-0.25, -0.2) is 13.1 Å². The lowest BCUT2D eigenvalue weighted by atomic mass is 10.0. The molecule has 1 aromatic rings. The van der Waals surface area contributed by atoms with Gasteiger partial charge in [0, 0.05) is 6.04 Å². The Balaban J connectivity index is 2.84. The van der Waals surface area contributed by atoms with Crippen molar-refractivity contribution in [3.63, 3.8) is 0 Å². The van der Waals surface area contributed by atoms with Crippen LogP contribution >= 0.6 is 0 Å². The Bertz CT molecular complexity index is 466. The lowest BCUT2D eigenvalue weighted by Gasteiger charge is -2.19. The van der Waals surface area contributed by atoms with E-state index in [0.29, 0.717) is 0 Å². The van der Waals surface area contributed by atoms with Crippen molar-refractivity contribution < 1.29 is 18.3 Å². The standard InChI is InChI=1S/C9H15N3O4S/c1-6(2)7(5-9(13)14)12-17(15,16)8-3-4-10-11-8/h3-4,6-7,12H,5H2,1-2H3,(H,10,11)(H,13,14). The number of hydrogen-bond acceptors (Lipinski definition) is 4. The summed E-state index contributed by atoms with van der Waals surface area (Å²) in [7, 11) is -3.74. The molecule has 8 heteroatoms. The summed E-state index contributed by atoms with van der Waals surface area (Å²) in [5.74, 6) is -1.17. The van der Waals surface area contributed by atoms with Crippen LogP contribution in [-0.2, 0) is 14.8 Å². The van der Waals surface area contributed by atoms with Gasteiger partial charge in [-0.05, 0) is 12.0 Å². The number of aliphatic carboxylic acids is 1. The Morgan fingerprint density at radius 2 is 2.24 bits per heavy atom. The molecule has 0 radical (unpaired) electrons. The second-order valence-electron chi connectivity index (χ2n) is 3.99. The minimum atomic E-state index is -3.74. The highest BCUT2D eigenvalue weighted by molar-refractivity contribution is 7.89. The average molecular weight is 261 g/mol. The number of aromatic nitrogens is 2. The van der Waals surface area contributed by atoms with E-state index in [4.69, 9.17) is 5.11 Å². The third-order valence-electron chi connectivity index (χ3n) is 2.27. The summed E-state index contributed by atoms with van der Waals surface area (Å²) >= 11 is 0. The van der Waals surface area contributed by atoms with Crippen LogP contribution in [0.2, 0.25) is 0 Å². The first kappa shape index (κ1) is 13.7. The van der Waals surface area contributed by atoms with Crippen LogP contribution < -0.4 is 4.72 Å². The lowest BCUT2D eigenvalue weighted by Crippen LogP contribution is -2.40. The van der Waals surface area contributed by atoms with E-state index in [2.05, 4.69) is 14.9 Å².